The van der Waals surface area contributed by atoms with Crippen molar-refractivity contribution < 1.29 is 13.9 Å². The third kappa shape index (κ3) is 5.08. The number of nitrogens with zero attached hydrogens (tertiary/aromatic N) is 3. The van der Waals surface area contributed by atoms with Gasteiger partial charge in [-0.05, 0) is 63.9 Å². The van der Waals surface area contributed by atoms with Crippen LogP contribution in [0.5, 0.6) is 5.75 Å². The van der Waals surface area contributed by atoms with Crippen molar-refractivity contribution in [3.8, 4) is 5.75 Å². The van der Waals surface area contributed by atoms with E-state index in [0.29, 0.717) is 31.2 Å². The second-order valence-electron chi connectivity index (χ2n) is 7.54. The number of aryl methyl sites for hydroxylation is 2. The second-order valence-corrected chi connectivity index (χ2v) is 7.54. The number of benzene rings is 1. The number of rotatable bonds is 6. The van der Waals surface area contributed by atoms with Gasteiger partial charge >= 0.3 is 0 Å². The van der Waals surface area contributed by atoms with Gasteiger partial charge in [-0.15, -0.1) is 0 Å². The molecular weight excluding hydrogens is 345 g/mol. The number of halogens is 1. The summed E-state index contributed by atoms with van der Waals surface area (Å²) in [4.78, 5) is 14.7. The molecule has 0 N–H and O–H groups in total. The van der Waals surface area contributed by atoms with Gasteiger partial charge in [-0.1, -0.05) is 0 Å². The van der Waals surface area contributed by atoms with Crippen molar-refractivity contribution in [3.63, 3.8) is 0 Å². The van der Waals surface area contributed by atoms with E-state index in [0.717, 1.165) is 30.8 Å². The highest BCUT2D eigenvalue weighted by molar-refractivity contribution is 5.76. The van der Waals surface area contributed by atoms with Crippen LogP contribution in [0.4, 0.5) is 4.39 Å². The first kappa shape index (κ1) is 19.4. The first-order valence-electron chi connectivity index (χ1n) is 9.61. The molecular formula is C21H28FN3O2. The Morgan fingerprint density at radius 1 is 1.33 bits per heavy atom. The minimum atomic E-state index is -0.270. The van der Waals surface area contributed by atoms with Crippen LogP contribution >= 0.6 is 0 Å². The van der Waals surface area contributed by atoms with Gasteiger partial charge in [-0.3, -0.25) is 9.48 Å². The fraction of sp³-hybridized carbons (Fsp3) is 0.524. The average molecular weight is 373 g/mol. The van der Waals surface area contributed by atoms with E-state index < -0.39 is 0 Å². The number of hydrogen-bond donors (Lipinski definition) is 0. The lowest BCUT2D eigenvalue weighted by molar-refractivity contribution is -0.134. The van der Waals surface area contributed by atoms with Gasteiger partial charge in [0.1, 0.15) is 11.6 Å². The molecule has 2 atom stereocenters. The summed E-state index contributed by atoms with van der Waals surface area (Å²) in [6, 6.07) is 8.14. The van der Waals surface area contributed by atoms with Crippen molar-refractivity contribution in [1.82, 2.24) is 14.7 Å². The van der Waals surface area contributed by atoms with Gasteiger partial charge in [0.25, 0.3) is 0 Å². The SMILES string of the molecule is Cc1cc(C)n([C@@H](C)CC(=O)N2CCC[C@H](COc3ccc(F)cc3)C2)n1. The number of likely N-dealkylation sites (tertiary alicyclic amines) is 1. The molecule has 0 bridgehead atoms. The molecule has 1 amide bonds. The first-order valence-corrected chi connectivity index (χ1v) is 9.61. The van der Waals surface area contributed by atoms with E-state index in [9.17, 15) is 9.18 Å². The zero-order chi connectivity index (χ0) is 19.4. The summed E-state index contributed by atoms with van der Waals surface area (Å²) in [7, 11) is 0. The smallest absolute Gasteiger partial charge is 0.224 e. The molecule has 1 aromatic heterocycles. The van der Waals surface area contributed by atoms with Gasteiger partial charge in [0.05, 0.1) is 18.3 Å². The molecule has 2 heterocycles. The third-order valence-electron chi connectivity index (χ3n) is 5.10. The third-order valence-corrected chi connectivity index (χ3v) is 5.10. The number of piperidine rings is 1. The molecule has 1 aliphatic heterocycles. The fourth-order valence-corrected chi connectivity index (χ4v) is 3.73. The summed E-state index contributed by atoms with van der Waals surface area (Å²) in [6.07, 6.45) is 2.48. The van der Waals surface area contributed by atoms with Crippen LogP contribution in [0.15, 0.2) is 30.3 Å². The maximum absolute atomic E-state index is 13.0. The Morgan fingerprint density at radius 2 is 2.07 bits per heavy atom. The Bertz CT molecular complexity index is 772. The van der Waals surface area contributed by atoms with Crippen LogP contribution in [0, 0.1) is 25.6 Å². The molecule has 0 saturated carbocycles. The zero-order valence-electron chi connectivity index (χ0n) is 16.3. The van der Waals surface area contributed by atoms with Crippen LogP contribution in [0.3, 0.4) is 0 Å². The number of ether oxygens (including phenoxy) is 1. The van der Waals surface area contributed by atoms with Gasteiger partial charge < -0.3 is 9.64 Å². The van der Waals surface area contributed by atoms with E-state index in [2.05, 4.69) is 5.10 Å². The van der Waals surface area contributed by atoms with Crippen molar-refractivity contribution >= 4 is 5.91 Å². The largest absolute Gasteiger partial charge is 0.493 e. The van der Waals surface area contributed by atoms with Gasteiger partial charge in [-0.2, -0.15) is 5.10 Å². The Labute approximate surface area is 160 Å². The molecule has 2 aromatic rings. The molecule has 0 aliphatic carbocycles. The predicted molar refractivity (Wildman–Crippen MR) is 102 cm³/mol. The number of aromatic nitrogens is 2. The number of amides is 1. The maximum Gasteiger partial charge on any atom is 0.224 e. The molecule has 1 aliphatic rings. The minimum absolute atomic E-state index is 0.0436. The summed E-state index contributed by atoms with van der Waals surface area (Å²) < 4.78 is 20.7. The molecule has 27 heavy (non-hydrogen) atoms. The summed E-state index contributed by atoms with van der Waals surface area (Å²) in [5.41, 5.74) is 2.06. The number of carbonyl (C=O) groups is 1. The van der Waals surface area contributed by atoms with E-state index in [-0.39, 0.29) is 17.8 Å². The molecule has 146 valence electrons. The van der Waals surface area contributed by atoms with Gasteiger partial charge in [-0.25, -0.2) is 4.39 Å². The molecule has 5 nitrogen and oxygen atoms in total. The minimum Gasteiger partial charge on any atom is -0.493 e. The van der Waals surface area contributed by atoms with E-state index in [1.54, 1.807) is 12.1 Å². The zero-order valence-corrected chi connectivity index (χ0v) is 16.3. The Morgan fingerprint density at radius 3 is 2.74 bits per heavy atom. The number of hydrogen-bond acceptors (Lipinski definition) is 3. The van der Waals surface area contributed by atoms with Gasteiger partial charge in [0.2, 0.25) is 5.91 Å². The fourth-order valence-electron chi connectivity index (χ4n) is 3.73. The normalized spacial score (nSPS) is 18.4. The van der Waals surface area contributed by atoms with E-state index in [1.807, 2.05) is 36.4 Å². The van der Waals surface area contributed by atoms with Crippen molar-refractivity contribution in [3.05, 3.63) is 47.5 Å². The maximum atomic E-state index is 13.0. The highest BCUT2D eigenvalue weighted by atomic mass is 19.1. The summed E-state index contributed by atoms with van der Waals surface area (Å²) in [5.74, 6) is 0.866. The van der Waals surface area contributed by atoms with Gasteiger partial charge in [0.15, 0.2) is 0 Å². The predicted octanol–water partition coefficient (Wildman–Crippen LogP) is 3.91. The Hall–Kier alpha value is -2.37. The monoisotopic (exact) mass is 373 g/mol. The highest BCUT2D eigenvalue weighted by Gasteiger charge is 2.26. The Balaban J connectivity index is 1.51. The molecule has 1 fully saturated rings. The van der Waals surface area contributed by atoms with Crippen LogP contribution in [0.2, 0.25) is 0 Å². The van der Waals surface area contributed by atoms with Gasteiger partial charge in [0, 0.05) is 31.1 Å². The van der Waals surface area contributed by atoms with Crippen molar-refractivity contribution in [2.75, 3.05) is 19.7 Å². The summed E-state index contributed by atoms with van der Waals surface area (Å²) >= 11 is 0. The van der Waals surface area contributed by atoms with E-state index in [1.165, 1.54) is 12.1 Å². The molecule has 0 radical (unpaired) electrons. The van der Waals surface area contributed by atoms with Crippen molar-refractivity contribution in [2.24, 2.45) is 5.92 Å². The molecule has 3 rings (SSSR count). The second kappa shape index (κ2) is 8.55. The molecule has 6 heteroatoms. The first-order chi connectivity index (χ1) is 12.9. The average Bonchev–Trinajstić information content (AvgIpc) is 3.00. The topological polar surface area (TPSA) is 47.4 Å². The highest BCUT2D eigenvalue weighted by Crippen LogP contribution is 2.22. The molecule has 1 aromatic carbocycles. The molecule has 0 spiro atoms. The quantitative estimate of drug-likeness (QED) is 0.771. The summed E-state index contributed by atoms with van der Waals surface area (Å²) in [6.45, 7) is 8.08. The Kier molecular flexibility index (Phi) is 6.14. The standard InChI is InChI=1S/C21H28FN3O2/c1-15-11-16(2)25(23-15)17(3)12-21(26)24-10-4-5-18(13-24)14-27-20-8-6-19(22)7-9-20/h6-9,11,17-18H,4-5,10,12-14H2,1-3H3/t17-,18-/m0/s1. The van der Waals surface area contributed by atoms with Crippen LogP contribution in [0.25, 0.3) is 0 Å². The van der Waals surface area contributed by atoms with Crippen LogP contribution in [-0.4, -0.2) is 40.3 Å². The lowest BCUT2D eigenvalue weighted by Crippen LogP contribution is -2.42. The van der Waals surface area contributed by atoms with Crippen molar-refractivity contribution in [1.29, 1.82) is 0 Å². The molecule has 0 unspecified atom stereocenters. The number of carbonyl (C=O) groups excluding carboxylic acids is 1. The lowest BCUT2D eigenvalue weighted by atomic mass is 9.98. The molecule has 1 saturated heterocycles. The van der Waals surface area contributed by atoms with E-state index in [4.69, 9.17) is 4.74 Å². The van der Waals surface area contributed by atoms with Crippen LogP contribution in [0.1, 0.15) is 43.6 Å². The van der Waals surface area contributed by atoms with Crippen LogP contribution < -0.4 is 4.74 Å². The van der Waals surface area contributed by atoms with E-state index >= 15 is 0 Å². The lowest BCUT2D eigenvalue weighted by Gasteiger charge is -2.33. The van der Waals surface area contributed by atoms with Crippen LogP contribution in [-0.2, 0) is 4.79 Å². The summed E-state index contributed by atoms with van der Waals surface area (Å²) in [5, 5.41) is 4.49. The van der Waals surface area contributed by atoms with Crippen molar-refractivity contribution in [2.45, 2.75) is 46.1 Å².